The lowest BCUT2D eigenvalue weighted by molar-refractivity contribution is -0.147. The minimum absolute atomic E-state index is 0.0606. The van der Waals surface area contributed by atoms with Crippen LogP contribution in [0.3, 0.4) is 0 Å². The molecule has 0 radical (unpaired) electrons. The third-order valence-electron chi connectivity index (χ3n) is 6.85. The van der Waals surface area contributed by atoms with Crippen molar-refractivity contribution in [2.24, 2.45) is 5.92 Å². The van der Waals surface area contributed by atoms with Crippen LogP contribution in [-0.4, -0.2) is 40.7 Å². The van der Waals surface area contributed by atoms with E-state index in [2.05, 4.69) is 56.5 Å². The van der Waals surface area contributed by atoms with Crippen molar-refractivity contribution >= 4 is 23.2 Å². The maximum absolute atomic E-state index is 13.6. The second-order valence-corrected chi connectivity index (χ2v) is 9.80. The molecule has 0 spiro atoms. The van der Waals surface area contributed by atoms with Gasteiger partial charge < -0.3 is 9.80 Å². The van der Waals surface area contributed by atoms with Crippen molar-refractivity contribution in [3.05, 3.63) is 57.3 Å². The lowest BCUT2D eigenvalue weighted by atomic mass is 9.84. The Balaban J connectivity index is 1.60. The summed E-state index contributed by atoms with van der Waals surface area (Å²) in [6.07, 6.45) is 4.81. The van der Waals surface area contributed by atoms with Crippen LogP contribution in [0.2, 0.25) is 0 Å². The first-order chi connectivity index (χ1) is 14.5. The smallest absolute Gasteiger partial charge is 0.243 e. The van der Waals surface area contributed by atoms with E-state index in [4.69, 9.17) is 0 Å². The number of amides is 2. The standard InChI is InChI=1S/C25H32N2O2S/c1-4-18(3)27(25(29)20-6-5-7-20)16-23(28)26-14-12-22-21(13-15-30-22)24(26)19-10-8-17(2)9-11-19/h8-11,13,15,18,20,24H,4-7,12,14,16H2,1-3H3/t18-,24+/m0/s1. The number of thiophene rings is 1. The van der Waals surface area contributed by atoms with Crippen LogP contribution in [0.5, 0.6) is 0 Å². The van der Waals surface area contributed by atoms with Gasteiger partial charge in [0.15, 0.2) is 0 Å². The predicted octanol–water partition coefficient (Wildman–Crippen LogP) is 4.96. The fourth-order valence-electron chi connectivity index (χ4n) is 4.49. The van der Waals surface area contributed by atoms with Gasteiger partial charge in [-0.15, -0.1) is 11.3 Å². The Bertz CT molecular complexity index is 900. The molecule has 2 heterocycles. The van der Waals surface area contributed by atoms with Gasteiger partial charge in [-0.3, -0.25) is 9.59 Å². The van der Waals surface area contributed by atoms with E-state index in [0.29, 0.717) is 6.54 Å². The molecule has 1 saturated carbocycles. The maximum Gasteiger partial charge on any atom is 0.243 e. The zero-order valence-electron chi connectivity index (χ0n) is 18.3. The average Bonchev–Trinajstić information content (AvgIpc) is 3.18. The summed E-state index contributed by atoms with van der Waals surface area (Å²) in [6.45, 7) is 7.13. The molecule has 0 N–H and O–H groups in total. The van der Waals surface area contributed by atoms with Crippen LogP contribution < -0.4 is 0 Å². The molecule has 1 aliphatic heterocycles. The summed E-state index contributed by atoms with van der Waals surface area (Å²) >= 11 is 1.78. The first kappa shape index (κ1) is 21.1. The Hall–Kier alpha value is -2.14. The highest BCUT2D eigenvalue weighted by Gasteiger charge is 2.36. The maximum atomic E-state index is 13.6. The van der Waals surface area contributed by atoms with E-state index in [0.717, 1.165) is 37.7 Å². The van der Waals surface area contributed by atoms with Crippen LogP contribution in [0.4, 0.5) is 0 Å². The van der Waals surface area contributed by atoms with E-state index >= 15 is 0 Å². The van der Waals surface area contributed by atoms with Gasteiger partial charge in [0.1, 0.15) is 6.54 Å². The second kappa shape index (κ2) is 8.93. The Morgan fingerprint density at radius 2 is 1.93 bits per heavy atom. The van der Waals surface area contributed by atoms with Crippen molar-refractivity contribution < 1.29 is 9.59 Å². The number of nitrogens with zero attached hydrogens (tertiary/aromatic N) is 2. The Morgan fingerprint density at radius 3 is 2.57 bits per heavy atom. The Labute approximate surface area is 183 Å². The summed E-state index contributed by atoms with van der Waals surface area (Å²) in [6, 6.07) is 10.7. The molecule has 1 fully saturated rings. The monoisotopic (exact) mass is 424 g/mol. The van der Waals surface area contributed by atoms with Crippen LogP contribution >= 0.6 is 11.3 Å². The second-order valence-electron chi connectivity index (χ2n) is 8.80. The number of aryl methyl sites for hydroxylation is 1. The van der Waals surface area contributed by atoms with Gasteiger partial charge in [0, 0.05) is 23.4 Å². The van der Waals surface area contributed by atoms with Crippen molar-refractivity contribution in [1.29, 1.82) is 0 Å². The number of carbonyl (C=O) groups excluding carboxylic acids is 2. The quantitative estimate of drug-likeness (QED) is 0.658. The zero-order valence-corrected chi connectivity index (χ0v) is 19.1. The zero-order chi connectivity index (χ0) is 21.3. The van der Waals surface area contributed by atoms with Crippen molar-refractivity contribution in [1.82, 2.24) is 9.80 Å². The molecule has 2 aliphatic rings. The molecule has 160 valence electrons. The molecule has 4 nitrogen and oxygen atoms in total. The largest absolute Gasteiger partial charge is 0.330 e. The SMILES string of the molecule is CC[C@H](C)N(CC(=O)N1CCc2sccc2[C@H]1c1ccc(C)cc1)C(=O)C1CCC1. The molecule has 30 heavy (non-hydrogen) atoms. The highest BCUT2D eigenvalue weighted by Crippen LogP contribution is 2.38. The Morgan fingerprint density at radius 1 is 1.20 bits per heavy atom. The third kappa shape index (κ3) is 4.04. The number of carbonyl (C=O) groups is 2. The molecule has 2 atom stereocenters. The van der Waals surface area contributed by atoms with E-state index in [1.54, 1.807) is 11.3 Å². The van der Waals surface area contributed by atoms with Gasteiger partial charge in [0.25, 0.3) is 0 Å². The van der Waals surface area contributed by atoms with Gasteiger partial charge in [0.2, 0.25) is 11.8 Å². The van der Waals surface area contributed by atoms with E-state index in [1.165, 1.54) is 16.0 Å². The lowest BCUT2D eigenvalue weighted by Crippen LogP contribution is -2.51. The Kier molecular flexibility index (Phi) is 6.28. The molecule has 0 saturated heterocycles. The van der Waals surface area contributed by atoms with Crippen molar-refractivity contribution in [2.75, 3.05) is 13.1 Å². The topological polar surface area (TPSA) is 40.6 Å². The number of fused-ring (bicyclic) bond motifs is 1. The first-order valence-corrected chi connectivity index (χ1v) is 12.1. The lowest BCUT2D eigenvalue weighted by Gasteiger charge is -2.40. The highest BCUT2D eigenvalue weighted by atomic mass is 32.1. The molecule has 1 aromatic carbocycles. The summed E-state index contributed by atoms with van der Waals surface area (Å²) in [5, 5.41) is 2.13. The molecule has 0 bridgehead atoms. The number of hydrogen-bond acceptors (Lipinski definition) is 3. The van der Waals surface area contributed by atoms with Crippen LogP contribution in [0, 0.1) is 12.8 Å². The van der Waals surface area contributed by atoms with Crippen LogP contribution in [-0.2, 0) is 16.0 Å². The van der Waals surface area contributed by atoms with Crippen molar-refractivity contribution in [3.63, 3.8) is 0 Å². The van der Waals surface area contributed by atoms with Gasteiger partial charge in [0.05, 0.1) is 6.04 Å². The summed E-state index contributed by atoms with van der Waals surface area (Å²) in [4.78, 5) is 31.8. The van der Waals surface area contributed by atoms with Gasteiger partial charge in [-0.25, -0.2) is 0 Å². The van der Waals surface area contributed by atoms with Crippen LogP contribution in [0.1, 0.15) is 67.1 Å². The molecule has 1 aromatic heterocycles. The van der Waals surface area contributed by atoms with E-state index < -0.39 is 0 Å². The van der Waals surface area contributed by atoms with Crippen molar-refractivity contribution in [3.8, 4) is 0 Å². The van der Waals surface area contributed by atoms with E-state index in [9.17, 15) is 9.59 Å². The molecular weight excluding hydrogens is 392 g/mol. The molecular formula is C25H32N2O2S. The highest BCUT2D eigenvalue weighted by molar-refractivity contribution is 7.10. The predicted molar refractivity (Wildman–Crippen MR) is 122 cm³/mol. The average molecular weight is 425 g/mol. The molecule has 5 heteroatoms. The summed E-state index contributed by atoms with van der Waals surface area (Å²) in [7, 11) is 0. The van der Waals surface area contributed by atoms with E-state index in [1.807, 2.05) is 9.80 Å². The fourth-order valence-corrected chi connectivity index (χ4v) is 5.39. The van der Waals surface area contributed by atoms with Gasteiger partial charge in [-0.05, 0) is 62.1 Å². The summed E-state index contributed by atoms with van der Waals surface area (Å²) in [5.41, 5.74) is 3.60. The van der Waals surface area contributed by atoms with Crippen LogP contribution in [0.25, 0.3) is 0 Å². The van der Waals surface area contributed by atoms with Gasteiger partial charge in [-0.1, -0.05) is 43.2 Å². The summed E-state index contributed by atoms with van der Waals surface area (Å²) in [5.74, 6) is 0.346. The molecule has 4 rings (SSSR count). The number of hydrogen-bond donors (Lipinski definition) is 0. The number of rotatable bonds is 6. The van der Waals surface area contributed by atoms with Gasteiger partial charge >= 0.3 is 0 Å². The van der Waals surface area contributed by atoms with Gasteiger partial charge in [-0.2, -0.15) is 0 Å². The third-order valence-corrected chi connectivity index (χ3v) is 7.84. The number of benzene rings is 1. The van der Waals surface area contributed by atoms with Crippen molar-refractivity contribution in [2.45, 2.75) is 65.0 Å². The molecule has 1 aliphatic carbocycles. The molecule has 2 aromatic rings. The first-order valence-electron chi connectivity index (χ1n) is 11.2. The normalized spacial score (nSPS) is 19.7. The summed E-state index contributed by atoms with van der Waals surface area (Å²) < 4.78 is 0. The minimum Gasteiger partial charge on any atom is -0.330 e. The van der Waals surface area contributed by atoms with Crippen LogP contribution in [0.15, 0.2) is 35.7 Å². The minimum atomic E-state index is -0.0642. The fraction of sp³-hybridized carbons (Fsp3) is 0.520. The van der Waals surface area contributed by atoms with E-state index in [-0.39, 0.29) is 36.4 Å². The molecule has 2 amide bonds. The molecule has 0 unspecified atom stereocenters.